The highest BCUT2D eigenvalue weighted by Gasteiger charge is 2.07. The molecule has 5 nitrogen and oxygen atoms in total. The van der Waals surface area contributed by atoms with Crippen LogP contribution in [0.1, 0.15) is 17.5 Å². The van der Waals surface area contributed by atoms with E-state index in [9.17, 15) is 9.59 Å². The number of benzene rings is 1. The van der Waals surface area contributed by atoms with E-state index >= 15 is 0 Å². The van der Waals surface area contributed by atoms with Crippen LogP contribution in [0.2, 0.25) is 0 Å². The van der Waals surface area contributed by atoms with Gasteiger partial charge in [-0.25, -0.2) is 0 Å². The lowest BCUT2D eigenvalue weighted by atomic mass is 10.1. The number of amides is 1. The number of pyridine rings is 1. The largest absolute Gasteiger partial charge is 0.383 e. The maximum absolute atomic E-state index is 12.1. The molecular weight excluding hydrogens is 268 g/mol. The summed E-state index contributed by atoms with van der Waals surface area (Å²) in [5, 5.41) is 3.73. The van der Waals surface area contributed by atoms with Gasteiger partial charge in [0.25, 0.3) is 5.56 Å². The Morgan fingerprint density at radius 3 is 2.95 bits per heavy atom. The first-order chi connectivity index (χ1) is 10.1. The summed E-state index contributed by atoms with van der Waals surface area (Å²) in [7, 11) is 1.59. The Bertz CT molecular complexity index is 691. The Hall–Kier alpha value is -2.14. The number of aryl methyl sites for hydroxylation is 2. The zero-order valence-electron chi connectivity index (χ0n) is 12.4. The number of ether oxygens (including phenoxy) is 1. The molecule has 0 bridgehead atoms. The maximum Gasteiger partial charge on any atom is 0.251 e. The molecule has 2 N–H and O–H groups in total. The van der Waals surface area contributed by atoms with E-state index in [0.29, 0.717) is 31.6 Å². The van der Waals surface area contributed by atoms with E-state index in [1.165, 1.54) is 0 Å². The molecule has 1 aromatic carbocycles. The summed E-state index contributed by atoms with van der Waals surface area (Å²) in [6.45, 7) is 2.94. The highest BCUT2D eigenvalue weighted by Crippen LogP contribution is 2.15. The summed E-state index contributed by atoms with van der Waals surface area (Å²) in [5.74, 6) is -0.0733. The number of hydrogen-bond acceptors (Lipinski definition) is 3. The molecule has 2 aromatic rings. The number of aromatic nitrogens is 1. The van der Waals surface area contributed by atoms with Gasteiger partial charge in [0.15, 0.2) is 0 Å². The van der Waals surface area contributed by atoms with Crippen molar-refractivity contribution in [2.24, 2.45) is 0 Å². The van der Waals surface area contributed by atoms with E-state index in [4.69, 9.17) is 4.74 Å². The average molecular weight is 288 g/mol. The van der Waals surface area contributed by atoms with Gasteiger partial charge in [0, 0.05) is 25.6 Å². The zero-order chi connectivity index (χ0) is 15.2. The molecule has 1 heterocycles. The normalized spacial score (nSPS) is 10.8. The number of para-hydroxylation sites is 1. The Balaban J connectivity index is 2.07. The zero-order valence-corrected chi connectivity index (χ0v) is 12.4. The third kappa shape index (κ3) is 3.92. The van der Waals surface area contributed by atoms with Crippen LogP contribution in [0.4, 0.5) is 0 Å². The molecule has 5 heteroatoms. The smallest absolute Gasteiger partial charge is 0.251 e. The summed E-state index contributed by atoms with van der Waals surface area (Å²) in [5.41, 5.74) is 2.40. The van der Waals surface area contributed by atoms with E-state index in [1.54, 1.807) is 7.11 Å². The second-order valence-corrected chi connectivity index (χ2v) is 5.01. The third-order valence-electron chi connectivity index (χ3n) is 3.41. The maximum atomic E-state index is 12.1. The van der Waals surface area contributed by atoms with Crippen molar-refractivity contribution >= 4 is 16.8 Å². The van der Waals surface area contributed by atoms with Crippen molar-refractivity contribution in [1.29, 1.82) is 0 Å². The van der Waals surface area contributed by atoms with Crippen molar-refractivity contribution in [1.82, 2.24) is 10.3 Å². The predicted molar refractivity (Wildman–Crippen MR) is 82.5 cm³/mol. The molecule has 112 valence electrons. The minimum atomic E-state index is -0.124. The van der Waals surface area contributed by atoms with Crippen LogP contribution in [-0.2, 0) is 16.0 Å². The number of nitrogens with one attached hydrogen (secondary N) is 2. The molecule has 0 saturated carbocycles. The lowest BCUT2D eigenvalue weighted by Gasteiger charge is -2.06. The molecule has 0 fully saturated rings. The topological polar surface area (TPSA) is 71.2 Å². The monoisotopic (exact) mass is 288 g/mol. The van der Waals surface area contributed by atoms with Gasteiger partial charge in [0.2, 0.25) is 5.91 Å². The molecule has 1 amide bonds. The van der Waals surface area contributed by atoms with Gasteiger partial charge in [-0.2, -0.15) is 0 Å². The van der Waals surface area contributed by atoms with Gasteiger partial charge in [-0.05, 0) is 30.4 Å². The van der Waals surface area contributed by atoms with Crippen LogP contribution in [0.5, 0.6) is 0 Å². The number of carbonyl (C=O) groups excluding carboxylic acids is 1. The Labute approximate surface area is 123 Å². The molecular formula is C16H20N2O3. The first kappa shape index (κ1) is 15.3. The van der Waals surface area contributed by atoms with Crippen LogP contribution in [0, 0.1) is 6.92 Å². The van der Waals surface area contributed by atoms with Crippen molar-refractivity contribution < 1.29 is 9.53 Å². The molecule has 1 aromatic heterocycles. The van der Waals surface area contributed by atoms with Crippen LogP contribution in [0.25, 0.3) is 10.9 Å². The van der Waals surface area contributed by atoms with E-state index in [2.05, 4.69) is 10.3 Å². The Morgan fingerprint density at radius 1 is 1.38 bits per heavy atom. The number of carbonyl (C=O) groups is 1. The Kier molecular flexibility index (Phi) is 5.11. The first-order valence-electron chi connectivity index (χ1n) is 6.99. The summed E-state index contributed by atoms with van der Waals surface area (Å²) in [6.07, 6.45) is 0.724. The van der Waals surface area contributed by atoms with E-state index in [0.717, 1.165) is 16.5 Å². The lowest BCUT2D eigenvalue weighted by molar-refractivity contribution is -0.121. The standard InChI is InChI=1S/C16H20N2O3/c1-11-4-3-5-12-10-13(16(20)18-15(11)12)6-7-14(19)17-8-9-21-2/h3-5,10H,6-9H2,1-2H3,(H,17,19)(H,18,20). The molecule has 0 radical (unpaired) electrons. The van der Waals surface area contributed by atoms with Crippen LogP contribution in [0.3, 0.4) is 0 Å². The summed E-state index contributed by atoms with van der Waals surface area (Å²) >= 11 is 0. The molecule has 0 saturated heterocycles. The van der Waals surface area contributed by atoms with E-state index in [1.807, 2.05) is 31.2 Å². The van der Waals surface area contributed by atoms with Crippen molar-refractivity contribution in [3.63, 3.8) is 0 Å². The number of rotatable bonds is 6. The van der Waals surface area contributed by atoms with Crippen LogP contribution in [-0.4, -0.2) is 31.2 Å². The molecule has 0 aliphatic rings. The summed E-state index contributed by atoms with van der Waals surface area (Å²) in [6, 6.07) is 7.74. The second kappa shape index (κ2) is 7.04. The minimum absolute atomic E-state index is 0.0733. The second-order valence-electron chi connectivity index (χ2n) is 5.01. The lowest BCUT2D eigenvalue weighted by Crippen LogP contribution is -2.27. The molecule has 0 unspecified atom stereocenters. The van der Waals surface area contributed by atoms with Crippen molar-refractivity contribution in [2.75, 3.05) is 20.3 Å². The summed E-state index contributed by atoms with van der Waals surface area (Å²) in [4.78, 5) is 26.6. The fraction of sp³-hybridized carbons (Fsp3) is 0.375. The van der Waals surface area contributed by atoms with Crippen LogP contribution >= 0.6 is 0 Å². The van der Waals surface area contributed by atoms with Gasteiger partial charge in [-0.15, -0.1) is 0 Å². The number of aromatic amines is 1. The average Bonchev–Trinajstić information content (AvgIpc) is 2.46. The highest BCUT2D eigenvalue weighted by molar-refractivity contribution is 5.82. The SMILES string of the molecule is COCCNC(=O)CCc1cc2cccc(C)c2[nH]c1=O. The number of hydrogen-bond donors (Lipinski definition) is 2. The number of fused-ring (bicyclic) bond motifs is 1. The van der Waals surface area contributed by atoms with Crippen LogP contribution < -0.4 is 10.9 Å². The number of methoxy groups -OCH3 is 1. The van der Waals surface area contributed by atoms with Gasteiger partial charge in [0.1, 0.15) is 0 Å². The quantitative estimate of drug-likeness (QED) is 0.792. The molecule has 0 aliphatic heterocycles. The van der Waals surface area contributed by atoms with Crippen molar-refractivity contribution in [3.05, 3.63) is 45.7 Å². The first-order valence-corrected chi connectivity index (χ1v) is 6.99. The van der Waals surface area contributed by atoms with Gasteiger partial charge in [-0.3, -0.25) is 9.59 Å². The van der Waals surface area contributed by atoms with E-state index in [-0.39, 0.29) is 11.5 Å². The van der Waals surface area contributed by atoms with Gasteiger partial charge >= 0.3 is 0 Å². The molecule has 0 atom stereocenters. The predicted octanol–water partition coefficient (Wildman–Crippen LogP) is 1.53. The molecule has 2 rings (SSSR count). The molecule has 0 aliphatic carbocycles. The van der Waals surface area contributed by atoms with E-state index < -0.39 is 0 Å². The van der Waals surface area contributed by atoms with Gasteiger partial charge < -0.3 is 15.0 Å². The van der Waals surface area contributed by atoms with Crippen molar-refractivity contribution in [2.45, 2.75) is 19.8 Å². The molecule has 21 heavy (non-hydrogen) atoms. The number of H-pyrrole nitrogens is 1. The molecule has 0 spiro atoms. The highest BCUT2D eigenvalue weighted by atomic mass is 16.5. The fourth-order valence-corrected chi connectivity index (χ4v) is 2.24. The summed E-state index contributed by atoms with van der Waals surface area (Å²) < 4.78 is 4.86. The Morgan fingerprint density at radius 2 is 2.19 bits per heavy atom. The van der Waals surface area contributed by atoms with Crippen LogP contribution in [0.15, 0.2) is 29.1 Å². The fourth-order valence-electron chi connectivity index (χ4n) is 2.24. The van der Waals surface area contributed by atoms with Gasteiger partial charge in [0.05, 0.1) is 12.1 Å². The minimum Gasteiger partial charge on any atom is -0.383 e. The third-order valence-corrected chi connectivity index (χ3v) is 3.41. The van der Waals surface area contributed by atoms with Gasteiger partial charge in [-0.1, -0.05) is 18.2 Å². The van der Waals surface area contributed by atoms with Crippen molar-refractivity contribution in [3.8, 4) is 0 Å².